The number of nitrogens with zero attached hydrogens (tertiary/aromatic N) is 2. The first-order valence-electron chi connectivity index (χ1n) is 6.84. The molecule has 0 amide bonds. The molecule has 0 spiro atoms. The lowest BCUT2D eigenvalue weighted by Crippen LogP contribution is -2.21. The normalized spacial score (nSPS) is 14.1. The highest BCUT2D eigenvalue weighted by molar-refractivity contribution is 5.67. The third kappa shape index (κ3) is 2.39. The van der Waals surface area contributed by atoms with Gasteiger partial charge in [0.1, 0.15) is 12.0 Å². The second-order valence-electron chi connectivity index (χ2n) is 4.89. The Kier molecular flexibility index (Phi) is 3.41. The summed E-state index contributed by atoms with van der Waals surface area (Å²) in [5.74, 6) is 1.10. The number of anilines is 2. The topological polar surface area (TPSA) is 73.1 Å². The third-order valence-corrected chi connectivity index (χ3v) is 3.52. The zero-order chi connectivity index (χ0) is 13.9. The number of nitrogen functional groups attached to an aromatic ring is 1. The number of benzene rings is 1. The van der Waals surface area contributed by atoms with E-state index >= 15 is 0 Å². The average molecular weight is 270 g/mol. The summed E-state index contributed by atoms with van der Waals surface area (Å²) >= 11 is 0. The lowest BCUT2D eigenvalue weighted by atomic mass is 10.1. The van der Waals surface area contributed by atoms with Crippen molar-refractivity contribution in [3.8, 4) is 5.88 Å². The van der Waals surface area contributed by atoms with E-state index in [0.717, 1.165) is 12.8 Å². The van der Waals surface area contributed by atoms with Crippen LogP contribution in [0.15, 0.2) is 30.6 Å². The first-order chi connectivity index (χ1) is 9.78. The highest BCUT2D eigenvalue weighted by Gasteiger charge is 2.22. The monoisotopic (exact) mass is 270 g/mol. The number of aromatic nitrogens is 2. The van der Waals surface area contributed by atoms with Crippen LogP contribution >= 0.6 is 0 Å². The second kappa shape index (κ2) is 5.36. The molecule has 5 nitrogen and oxygen atoms in total. The Labute approximate surface area is 118 Å². The molecular formula is C15H18N4O. The van der Waals surface area contributed by atoms with E-state index in [1.165, 1.54) is 17.5 Å². The van der Waals surface area contributed by atoms with E-state index in [9.17, 15) is 0 Å². The summed E-state index contributed by atoms with van der Waals surface area (Å²) in [6.45, 7) is 2.44. The zero-order valence-corrected chi connectivity index (χ0v) is 11.5. The van der Waals surface area contributed by atoms with E-state index in [-0.39, 0.29) is 0 Å². The molecule has 0 bridgehead atoms. The first kappa shape index (κ1) is 12.7. The first-order valence-corrected chi connectivity index (χ1v) is 6.84. The number of hydrogen-bond donors (Lipinski definition) is 2. The maximum absolute atomic E-state index is 6.04. The van der Waals surface area contributed by atoms with Crippen molar-refractivity contribution < 1.29 is 4.74 Å². The molecule has 0 atom stereocenters. The maximum atomic E-state index is 6.04. The number of hydrogen-bond acceptors (Lipinski definition) is 5. The molecule has 0 radical (unpaired) electrons. The molecule has 20 heavy (non-hydrogen) atoms. The van der Waals surface area contributed by atoms with Crippen molar-refractivity contribution in [1.29, 1.82) is 0 Å². The van der Waals surface area contributed by atoms with E-state index in [2.05, 4.69) is 39.6 Å². The highest BCUT2D eigenvalue weighted by atomic mass is 16.5. The van der Waals surface area contributed by atoms with Gasteiger partial charge in [-0.25, -0.2) is 4.98 Å². The van der Waals surface area contributed by atoms with Gasteiger partial charge in [-0.05, 0) is 30.9 Å². The van der Waals surface area contributed by atoms with E-state index in [4.69, 9.17) is 10.5 Å². The van der Waals surface area contributed by atoms with Gasteiger partial charge in [0.15, 0.2) is 5.82 Å². The van der Waals surface area contributed by atoms with Crippen LogP contribution in [0.4, 0.5) is 11.5 Å². The van der Waals surface area contributed by atoms with Gasteiger partial charge >= 0.3 is 0 Å². The summed E-state index contributed by atoms with van der Waals surface area (Å²) in [6.07, 6.45) is 3.46. The Bertz CT molecular complexity index is 590. The quantitative estimate of drug-likeness (QED) is 0.889. The Hall–Kier alpha value is -2.30. The molecule has 1 aromatic carbocycles. The minimum absolute atomic E-state index is 0.319. The van der Waals surface area contributed by atoms with Crippen LogP contribution in [0.2, 0.25) is 0 Å². The van der Waals surface area contributed by atoms with Gasteiger partial charge in [-0.3, -0.25) is 0 Å². The Balaban J connectivity index is 1.75. The van der Waals surface area contributed by atoms with E-state index in [1.54, 1.807) is 0 Å². The number of ether oxygens (including phenoxy) is 1. The smallest absolute Gasteiger partial charge is 0.242 e. The number of nitrogens with two attached hydrogens (primary N) is 1. The molecule has 3 N–H and O–H groups in total. The minimum Gasteiger partial charge on any atom is -0.476 e. The number of rotatable bonds is 4. The van der Waals surface area contributed by atoms with Crippen molar-refractivity contribution >= 4 is 11.5 Å². The molecule has 5 heteroatoms. The van der Waals surface area contributed by atoms with Crippen LogP contribution in [0.25, 0.3) is 0 Å². The molecule has 0 saturated heterocycles. The fourth-order valence-electron chi connectivity index (χ4n) is 2.60. The molecule has 0 saturated carbocycles. The molecular weight excluding hydrogens is 252 g/mol. The highest BCUT2D eigenvalue weighted by Crippen LogP contribution is 2.28. The SMILES string of the molecule is CCOc1ncnc(NC2Cc3ccccc3C2)c1N. The summed E-state index contributed by atoms with van der Waals surface area (Å²) in [5.41, 5.74) is 9.30. The largest absolute Gasteiger partial charge is 0.476 e. The zero-order valence-electron chi connectivity index (χ0n) is 11.5. The van der Waals surface area contributed by atoms with Gasteiger partial charge < -0.3 is 15.8 Å². The van der Waals surface area contributed by atoms with Crippen molar-refractivity contribution in [3.05, 3.63) is 41.7 Å². The molecule has 0 unspecified atom stereocenters. The number of nitrogens with one attached hydrogen (secondary N) is 1. The summed E-state index contributed by atoms with van der Waals surface area (Å²) in [5, 5.41) is 3.40. The summed E-state index contributed by atoms with van der Waals surface area (Å²) < 4.78 is 5.39. The van der Waals surface area contributed by atoms with Crippen LogP contribution in [-0.2, 0) is 12.8 Å². The Morgan fingerprint density at radius 3 is 2.60 bits per heavy atom. The lowest BCUT2D eigenvalue weighted by molar-refractivity contribution is 0.328. The van der Waals surface area contributed by atoms with E-state index < -0.39 is 0 Å². The summed E-state index contributed by atoms with van der Waals surface area (Å²) in [4.78, 5) is 8.26. The predicted molar refractivity (Wildman–Crippen MR) is 78.9 cm³/mol. The minimum atomic E-state index is 0.319. The van der Waals surface area contributed by atoms with Crippen molar-refractivity contribution in [2.75, 3.05) is 17.7 Å². The molecule has 3 rings (SSSR count). The van der Waals surface area contributed by atoms with Crippen LogP contribution in [-0.4, -0.2) is 22.6 Å². The van der Waals surface area contributed by atoms with Gasteiger partial charge in [-0.15, -0.1) is 0 Å². The standard InChI is InChI=1S/C15H18N4O/c1-2-20-15-13(16)14(17-9-18-15)19-12-7-10-5-3-4-6-11(10)8-12/h3-6,9,12H,2,7-8,16H2,1H3,(H,17,18,19). The van der Waals surface area contributed by atoms with Gasteiger partial charge in [0.05, 0.1) is 6.61 Å². The summed E-state index contributed by atoms with van der Waals surface area (Å²) in [7, 11) is 0. The van der Waals surface area contributed by atoms with Crippen LogP contribution in [0.1, 0.15) is 18.1 Å². The van der Waals surface area contributed by atoms with E-state index in [1.807, 2.05) is 6.92 Å². The molecule has 104 valence electrons. The Morgan fingerprint density at radius 2 is 1.95 bits per heavy atom. The third-order valence-electron chi connectivity index (χ3n) is 3.52. The molecule has 0 fully saturated rings. The molecule has 0 aliphatic heterocycles. The molecule has 1 heterocycles. The lowest BCUT2D eigenvalue weighted by Gasteiger charge is -2.15. The molecule has 1 aliphatic rings. The van der Waals surface area contributed by atoms with Crippen LogP contribution in [0.3, 0.4) is 0 Å². The van der Waals surface area contributed by atoms with Gasteiger partial charge in [0.2, 0.25) is 5.88 Å². The Morgan fingerprint density at radius 1 is 1.25 bits per heavy atom. The van der Waals surface area contributed by atoms with Crippen LogP contribution < -0.4 is 15.8 Å². The second-order valence-corrected chi connectivity index (χ2v) is 4.89. The fraction of sp³-hybridized carbons (Fsp3) is 0.333. The van der Waals surface area contributed by atoms with Gasteiger partial charge in [-0.2, -0.15) is 4.98 Å². The van der Waals surface area contributed by atoms with E-state index in [0.29, 0.717) is 30.0 Å². The molecule has 1 aromatic heterocycles. The van der Waals surface area contributed by atoms with Gasteiger partial charge in [0, 0.05) is 6.04 Å². The fourth-order valence-corrected chi connectivity index (χ4v) is 2.60. The molecule has 1 aliphatic carbocycles. The van der Waals surface area contributed by atoms with Crippen molar-refractivity contribution in [2.45, 2.75) is 25.8 Å². The van der Waals surface area contributed by atoms with Crippen molar-refractivity contribution in [2.24, 2.45) is 0 Å². The van der Waals surface area contributed by atoms with Crippen LogP contribution in [0.5, 0.6) is 5.88 Å². The maximum Gasteiger partial charge on any atom is 0.242 e. The van der Waals surface area contributed by atoms with Gasteiger partial charge in [-0.1, -0.05) is 24.3 Å². The van der Waals surface area contributed by atoms with Crippen molar-refractivity contribution in [1.82, 2.24) is 9.97 Å². The predicted octanol–water partition coefficient (Wildman–Crippen LogP) is 2.04. The summed E-state index contributed by atoms with van der Waals surface area (Å²) in [6, 6.07) is 8.82. The average Bonchev–Trinajstić information content (AvgIpc) is 2.86. The van der Waals surface area contributed by atoms with Crippen molar-refractivity contribution in [3.63, 3.8) is 0 Å². The molecule has 2 aromatic rings. The van der Waals surface area contributed by atoms with Gasteiger partial charge in [0.25, 0.3) is 0 Å². The number of fused-ring (bicyclic) bond motifs is 1. The van der Waals surface area contributed by atoms with Crippen LogP contribution in [0, 0.1) is 0 Å².